The Bertz CT molecular complexity index is 587. The molecule has 0 aromatic carbocycles. The third-order valence-electron chi connectivity index (χ3n) is 3.89. The molecule has 0 bridgehead atoms. The van der Waals surface area contributed by atoms with Gasteiger partial charge in [-0.2, -0.15) is 13.2 Å². The molecular weight excluding hydrogens is 355 g/mol. The monoisotopic (exact) mass is 389 g/mol. The minimum atomic E-state index is -4.34. The van der Waals surface area contributed by atoms with Crippen molar-refractivity contribution in [2.75, 3.05) is 0 Å². The molecule has 0 atom stereocenters. The van der Waals surface area contributed by atoms with Gasteiger partial charge in [0.05, 0.1) is 5.57 Å². The molecule has 1 fully saturated rings. The normalized spacial score (nSPS) is 22.3. The van der Waals surface area contributed by atoms with Crippen LogP contribution in [0.25, 0.3) is 0 Å². The molecule has 26 heavy (non-hydrogen) atoms. The molecule has 0 aliphatic heterocycles. The molecule has 5 heteroatoms. The van der Waals surface area contributed by atoms with Crippen molar-refractivity contribution in [2.45, 2.75) is 65.1 Å². The van der Waals surface area contributed by atoms with E-state index in [-0.39, 0.29) is 0 Å². The summed E-state index contributed by atoms with van der Waals surface area (Å²) in [5, 5.41) is 1.68. The van der Waals surface area contributed by atoms with Gasteiger partial charge in [0, 0.05) is 6.04 Å². The van der Waals surface area contributed by atoms with Gasteiger partial charge in [0.1, 0.15) is 0 Å². The molecule has 0 aromatic heterocycles. The van der Waals surface area contributed by atoms with Crippen LogP contribution in [0.5, 0.6) is 0 Å². The molecule has 150 valence electrons. The second-order valence-corrected chi connectivity index (χ2v) is 9.08. The van der Waals surface area contributed by atoms with Gasteiger partial charge in [0.2, 0.25) is 0 Å². The van der Waals surface area contributed by atoms with Crippen LogP contribution in [0.3, 0.4) is 0 Å². The van der Waals surface area contributed by atoms with Crippen LogP contribution in [-0.2, 0) is 0 Å². The Morgan fingerprint density at radius 1 is 1.19 bits per heavy atom. The van der Waals surface area contributed by atoms with Crippen LogP contribution < -0.4 is 4.72 Å². The van der Waals surface area contributed by atoms with Crippen molar-refractivity contribution in [3.05, 3.63) is 47.9 Å². The summed E-state index contributed by atoms with van der Waals surface area (Å²) in [5.74, 6) is 8.85. The highest BCUT2D eigenvalue weighted by atomic mass is 32.2. The van der Waals surface area contributed by atoms with Crippen molar-refractivity contribution in [3.8, 4) is 0 Å². The van der Waals surface area contributed by atoms with Gasteiger partial charge >= 0.3 is 6.18 Å². The fourth-order valence-electron chi connectivity index (χ4n) is 2.53. The minimum Gasteiger partial charge on any atom is -0.269 e. The van der Waals surface area contributed by atoms with Gasteiger partial charge in [-0.25, -0.2) is 0 Å². The summed E-state index contributed by atoms with van der Waals surface area (Å²) in [6.07, 6.45) is 7.63. The number of hydrogen-bond donors (Lipinski definition) is 1. The average molecular weight is 390 g/mol. The summed E-state index contributed by atoms with van der Waals surface area (Å²) < 4.78 is 42.1. The Labute approximate surface area is 158 Å². The maximum absolute atomic E-state index is 12.9. The van der Waals surface area contributed by atoms with Gasteiger partial charge in [-0.1, -0.05) is 49.9 Å². The maximum Gasteiger partial charge on any atom is 0.416 e. The van der Waals surface area contributed by atoms with Crippen LogP contribution in [0, 0.1) is 5.92 Å². The average Bonchev–Trinajstić information content (AvgIpc) is 2.52. The first-order chi connectivity index (χ1) is 12.1. The summed E-state index contributed by atoms with van der Waals surface area (Å²) in [6.45, 7) is 9.30. The van der Waals surface area contributed by atoms with Crippen LogP contribution >= 0.6 is 9.39 Å². The van der Waals surface area contributed by atoms with E-state index in [4.69, 9.17) is 0 Å². The summed E-state index contributed by atoms with van der Waals surface area (Å²) in [5.41, 5.74) is -0.655. The molecular formula is C21H34F3NS. The second kappa shape index (κ2) is 12.2. The molecule has 1 N–H and O–H groups in total. The Balaban J connectivity index is 0.00000194. The molecule has 1 aliphatic carbocycles. The van der Waals surface area contributed by atoms with Crippen molar-refractivity contribution in [1.29, 1.82) is 0 Å². The Kier molecular flexibility index (Phi) is 11.7. The van der Waals surface area contributed by atoms with Crippen molar-refractivity contribution in [2.24, 2.45) is 5.92 Å². The summed E-state index contributed by atoms with van der Waals surface area (Å²) in [7, 11) is -1.73. The number of alkyl halides is 3. The number of allylic oxidation sites excluding steroid dienone is 6. The zero-order valence-electron chi connectivity index (χ0n) is 16.3. The molecule has 0 aromatic rings. The molecule has 1 aliphatic rings. The van der Waals surface area contributed by atoms with Crippen LogP contribution in [0.1, 0.15) is 52.9 Å². The quantitative estimate of drug-likeness (QED) is 0.296. The highest BCUT2D eigenvalue weighted by Gasteiger charge is 2.31. The third-order valence-corrected chi connectivity index (χ3v) is 5.37. The predicted octanol–water partition coefficient (Wildman–Crippen LogP) is 6.90. The van der Waals surface area contributed by atoms with Gasteiger partial charge in [0.15, 0.2) is 0 Å². The van der Waals surface area contributed by atoms with E-state index in [1.54, 1.807) is 18.4 Å². The molecule has 1 nitrogen and oxygen atoms in total. The Hall–Kier alpha value is -1.20. The van der Waals surface area contributed by atoms with Crippen LogP contribution in [0.4, 0.5) is 13.2 Å². The smallest absolute Gasteiger partial charge is 0.269 e. The molecule has 0 spiro atoms. The van der Waals surface area contributed by atoms with Gasteiger partial charge in [-0.15, -0.1) is 16.0 Å². The number of rotatable bonds is 6. The van der Waals surface area contributed by atoms with Crippen molar-refractivity contribution in [3.63, 3.8) is 0 Å². The number of halogens is 3. The zero-order valence-corrected chi connectivity index (χ0v) is 17.1. The lowest BCUT2D eigenvalue weighted by atomic mass is 9.88. The summed E-state index contributed by atoms with van der Waals surface area (Å²) in [6, 6.07) is 0.368. The summed E-state index contributed by atoms with van der Waals surface area (Å²) >= 11 is 0. The van der Waals surface area contributed by atoms with Crippen molar-refractivity contribution >= 4 is 21.1 Å². The second-order valence-electron chi connectivity index (χ2n) is 6.69. The fourth-order valence-corrected chi connectivity index (χ4v) is 3.89. The maximum atomic E-state index is 12.9. The third kappa shape index (κ3) is 11.4. The molecule has 0 amide bonds. The van der Waals surface area contributed by atoms with Gasteiger partial charge < -0.3 is 0 Å². The highest BCUT2D eigenvalue weighted by Crippen LogP contribution is 2.29. The fraction of sp³-hybridized carbons (Fsp3) is 0.524. The highest BCUT2D eigenvalue weighted by molar-refractivity contribution is 8.28. The standard InChI is InChI=1S/C18H28F3NS.C3H6/c1-5-6-8-16(18(19,20)21)9-7-14-23(3,4)22-17-12-10-15(2)11-13-17;1-3-2/h6-9,14-15,17,22H,3-5,10-13H2,1-2H3;3H,1H2,2H3/b8-6-,14-7+,16-9+;. The van der Waals surface area contributed by atoms with Gasteiger partial charge in [0.25, 0.3) is 0 Å². The van der Waals surface area contributed by atoms with Crippen molar-refractivity contribution < 1.29 is 13.2 Å². The van der Waals surface area contributed by atoms with Crippen LogP contribution in [-0.4, -0.2) is 24.0 Å². The molecule has 1 saturated carbocycles. The van der Waals surface area contributed by atoms with E-state index in [1.165, 1.54) is 25.0 Å². The van der Waals surface area contributed by atoms with Crippen molar-refractivity contribution in [1.82, 2.24) is 4.72 Å². The molecule has 0 unspecified atom stereocenters. The topological polar surface area (TPSA) is 12.0 Å². The summed E-state index contributed by atoms with van der Waals surface area (Å²) in [4.78, 5) is 0. The Morgan fingerprint density at radius 2 is 1.73 bits per heavy atom. The lowest BCUT2D eigenvalue weighted by Gasteiger charge is -2.29. The lowest BCUT2D eigenvalue weighted by Crippen LogP contribution is -2.29. The SMILES string of the molecule is C=CC.C=S(=C)(/C=C/C=C(\C=C/CC)C(F)(F)F)NC1CCC(C)CC1. The molecule has 0 saturated heterocycles. The number of nitrogens with one attached hydrogen (secondary N) is 1. The van der Waals surface area contributed by atoms with E-state index >= 15 is 0 Å². The molecule has 0 heterocycles. The van der Waals surface area contributed by atoms with Crippen LogP contribution in [0.15, 0.2) is 47.9 Å². The van der Waals surface area contributed by atoms with Gasteiger partial charge in [-0.05, 0) is 56.4 Å². The van der Waals surface area contributed by atoms with Gasteiger partial charge in [-0.3, -0.25) is 4.72 Å². The molecule has 0 radical (unpaired) electrons. The first-order valence-electron chi connectivity index (χ1n) is 9.01. The largest absolute Gasteiger partial charge is 0.416 e. The van der Waals surface area contributed by atoms with E-state index in [0.717, 1.165) is 30.9 Å². The van der Waals surface area contributed by atoms with E-state index in [2.05, 4.69) is 30.0 Å². The minimum absolute atomic E-state index is 0.368. The number of hydrogen-bond acceptors (Lipinski definition) is 1. The van der Waals surface area contributed by atoms with E-state index in [1.807, 2.05) is 6.92 Å². The lowest BCUT2D eigenvalue weighted by molar-refractivity contribution is -0.0881. The van der Waals surface area contributed by atoms with Crippen LogP contribution in [0.2, 0.25) is 0 Å². The van der Waals surface area contributed by atoms with E-state index in [9.17, 15) is 13.2 Å². The predicted molar refractivity (Wildman–Crippen MR) is 115 cm³/mol. The Morgan fingerprint density at radius 3 is 2.19 bits per heavy atom. The zero-order chi connectivity index (χ0) is 20.2. The first kappa shape index (κ1) is 24.8. The van der Waals surface area contributed by atoms with E-state index < -0.39 is 21.1 Å². The first-order valence-corrected chi connectivity index (χ1v) is 11.0. The van der Waals surface area contributed by atoms with E-state index in [0.29, 0.717) is 12.5 Å². The molecule has 1 rings (SSSR count).